The van der Waals surface area contributed by atoms with Gasteiger partial charge in [-0.3, -0.25) is 4.90 Å². The number of halogens is 2. The second-order valence-corrected chi connectivity index (χ2v) is 8.66. The summed E-state index contributed by atoms with van der Waals surface area (Å²) in [5, 5.41) is 6.67. The first-order valence-corrected chi connectivity index (χ1v) is 11.4. The highest BCUT2D eigenvalue weighted by molar-refractivity contribution is 7.98. The van der Waals surface area contributed by atoms with E-state index in [1.54, 1.807) is 30.0 Å². The largest absolute Gasteiger partial charge is 0.338 e. The molecule has 0 saturated carbocycles. The fourth-order valence-corrected chi connectivity index (χ4v) is 4.32. The fraction of sp³-hybridized carbons (Fsp3) is 0.381. The summed E-state index contributed by atoms with van der Waals surface area (Å²) in [5.74, 6) is 0.506. The molecular weight excluding hydrogens is 413 g/mol. The molecule has 2 aromatic carbocycles. The Kier molecular flexibility index (Phi) is 7.91. The van der Waals surface area contributed by atoms with Crippen molar-refractivity contribution in [3.63, 3.8) is 0 Å². The molecule has 1 heterocycles. The number of nitrogens with zero attached hydrogens (tertiary/aromatic N) is 1. The Balaban J connectivity index is 1.40. The minimum Gasteiger partial charge on any atom is -0.338 e. The van der Waals surface area contributed by atoms with E-state index in [9.17, 15) is 4.79 Å². The first-order valence-electron chi connectivity index (χ1n) is 9.39. The number of urea groups is 1. The van der Waals surface area contributed by atoms with E-state index < -0.39 is 0 Å². The Morgan fingerprint density at radius 1 is 1.14 bits per heavy atom. The number of nitrogens with one attached hydrogen (secondary N) is 2. The minimum absolute atomic E-state index is 0.213. The molecule has 2 aromatic rings. The van der Waals surface area contributed by atoms with E-state index in [4.69, 9.17) is 23.2 Å². The molecule has 2 N–H and O–H groups in total. The topological polar surface area (TPSA) is 44.4 Å². The van der Waals surface area contributed by atoms with Crippen molar-refractivity contribution in [1.29, 1.82) is 0 Å². The van der Waals surface area contributed by atoms with Crippen molar-refractivity contribution in [2.45, 2.75) is 24.3 Å². The van der Waals surface area contributed by atoms with Gasteiger partial charge in [0.05, 0.1) is 10.0 Å². The predicted octanol–water partition coefficient (Wildman–Crippen LogP) is 5.75. The molecular formula is C21H25Cl2N3OS. The molecule has 0 radical (unpaired) electrons. The molecule has 4 nitrogen and oxygen atoms in total. The van der Waals surface area contributed by atoms with Gasteiger partial charge in [0.1, 0.15) is 0 Å². The van der Waals surface area contributed by atoms with Crippen LogP contribution in [0.2, 0.25) is 10.0 Å². The number of likely N-dealkylation sites (tertiary alicyclic amines) is 1. The first kappa shape index (κ1) is 21.3. The summed E-state index contributed by atoms with van der Waals surface area (Å²) in [6, 6.07) is 13.4. The maximum Gasteiger partial charge on any atom is 0.319 e. The number of rotatable bonds is 6. The normalized spacial score (nSPS) is 15.4. The maximum atomic E-state index is 12.1. The molecule has 28 heavy (non-hydrogen) atoms. The summed E-state index contributed by atoms with van der Waals surface area (Å²) < 4.78 is 0. The summed E-state index contributed by atoms with van der Waals surface area (Å²) in [5.41, 5.74) is 2.03. The zero-order chi connectivity index (χ0) is 19.9. The van der Waals surface area contributed by atoms with Crippen molar-refractivity contribution in [3.05, 3.63) is 58.1 Å². The second-order valence-electron chi connectivity index (χ2n) is 7.00. The highest BCUT2D eigenvalue weighted by atomic mass is 35.5. The van der Waals surface area contributed by atoms with Crippen LogP contribution in [0.1, 0.15) is 18.4 Å². The van der Waals surface area contributed by atoms with Crippen LogP contribution < -0.4 is 10.6 Å². The number of amides is 2. The highest BCUT2D eigenvalue weighted by Gasteiger charge is 2.20. The molecule has 150 valence electrons. The lowest BCUT2D eigenvalue weighted by Gasteiger charge is -2.32. The summed E-state index contributed by atoms with van der Waals surface area (Å²) >= 11 is 13.7. The van der Waals surface area contributed by atoms with E-state index in [1.165, 1.54) is 10.5 Å². The van der Waals surface area contributed by atoms with Crippen LogP contribution in [0, 0.1) is 5.92 Å². The van der Waals surface area contributed by atoms with Crippen LogP contribution in [-0.4, -0.2) is 36.8 Å². The molecule has 0 aliphatic carbocycles. The lowest BCUT2D eigenvalue weighted by molar-refractivity contribution is 0.175. The SMILES string of the molecule is CSc1ccccc1CN1CCC(CNC(=O)Nc2ccc(Cl)c(Cl)c2)CC1. The number of thioether (sulfide) groups is 1. The summed E-state index contributed by atoms with van der Waals surface area (Å²) in [6.07, 6.45) is 4.31. The number of hydrogen-bond acceptors (Lipinski definition) is 3. The lowest BCUT2D eigenvalue weighted by atomic mass is 9.96. The number of benzene rings is 2. The first-order chi connectivity index (χ1) is 13.5. The zero-order valence-electron chi connectivity index (χ0n) is 15.9. The Morgan fingerprint density at radius 3 is 2.61 bits per heavy atom. The van der Waals surface area contributed by atoms with Crippen molar-refractivity contribution in [3.8, 4) is 0 Å². The number of piperidine rings is 1. The fourth-order valence-electron chi connectivity index (χ4n) is 3.41. The molecule has 0 unspecified atom stereocenters. The molecule has 1 saturated heterocycles. The summed E-state index contributed by atoms with van der Waals surface area (Å²) in [4.78, 5) is 16.0. The van der Waals surface area contributed by atoms with Gasteiger partial charge < -0.3 is 10.6 Å². The van der Waals surface area contributed by atoms with Crippen molar-refractivity contribution in [2.75, 3.05) is 31.2 Å². The zero-order valence-corrected chi connectivity index (χ0v) is 18.2. The van der Waals surface area contributed by atoms with Gasteiger partial charge in [-0.25, -0.2) is 4.79 Å². The Labute approximate surface area is 181 Å². The predicted molar refractivity (Wildman–Crippen MR) is 120 cm³/mol. The van der Waals surface area contributed by atoms with Gasteiger partial charge in [0.25, 0.3) is 0 Å². The van der Waals surface area contributed by atoms with Gasteiger partial charge in [0.2, 0.25) is 0 Å². The van der Waals surface area contributed by atoms with Crippen molar-refractivity contribution < 1.29 is 4.79 Å². The van der Waals surface area contributed by atoms with Gasteiger partial charge in [0, 0.05) is 23.7 Å². The number of carbonyl (C=O) groups is 1. The lowest BCUT2D eigenvalue weighted by Crippen LogP contribution is -2.39. The van der Waals surface area contributed by atoms with Crippen LogP contribution in [-0.2, 0) is 6.54 Å². The smallest absolute Gasteiger partial charge is 0.319 e. The Morgan fingerprint density at radius 2 is 1.89 bits per heavy atom. The number of carbonyl (C=O) groups excluding carboxylic acids is 1. The average molecular weight is 438 g/mol. The van der Waals surface area contributed by atoms with Gasteiger partial charge in [-0.15, -0.1) is 11.8 Å². The quantitative estimate of drug-likeness (QED) is 0.565. The summed E-state index contributed by atoms with van der Waals surface area (Å²) in [6.45, 7) is 3.80. The Hall–Kier alpha value is -1.40. The van der Waals surface area contributed by atoms with Crippen LogP contribution in [0.4, 0.5) is 10.5 Å². The van der Waals surface area contributed by atoms with Gasteiger partial charge in [-0.1, -0.05) is 41.4 Å². The third-order valence-electron chi connectivity index (χ3n) is 5.02. The molecule has 3 rings (SSSR count). The molecule has 7 heteroatoms. The van der Waals surface area contributed by atoms with Crippen molar-refractivity contribution in [1.82, 2.24) is 10.2 Å². The summed E-state index contributed by atoms with van der Waals surface area (Å²) in [7, 11) is 0. The molecule has 0 aromatic heterocycles. The second kappa shape index (κ2) is 10.4. The maximum absolute atomic E-state index is 12.1. The van der Waals surface area contributed by atoms with E-state index >= 15 is 0 Å². The van der Waals surface area contributed by atoms with Gasteiger partial charge in [0.15, 0.2) is 0 Å². The van der Waals surface area contributed by atoms with E-state index in [0.717, 1.165) is 32.5 Å². The van der Waals surface area contributed by atoms with Crippen LogP contribution in [0.3, 0.4) is 0 Å². The third-order valence-corrected chi connectivity index (χ3v) is 6.60. The number of hydrogen-bond donors (Lipinski definition) is 2. The van der Waals surface area contributed by atoms with Crippen molar-refractivity contribution in [2.24, 2.45) is 5.92 Å². The molecule has 1 aliphatic heterocycles. The van der Waals surface area contributed by atoms with Crippen LogP contribution in [0.25, 0.3) is 0 Å². The van der Waals surface area contributed by atoms with Gasteiger partial charge in [-0.05, 0) is 67.9 Å². The molecule has 0 bridgehead atoms. The van der Waals surface area contributed by atoms with E-state index in [0.29, 0.717) is 28.2 Å². The van der Waals surface area contributed by atoms with Gasteiger partial charge >= 0.3 is 6.03 Å². The van der Waals surface area contributed by atoms with Crippen LogP contribution in [0.15, 0.2) is 47.4 Å². The van der Waals surface area contributed by atoms with Crippen molar-refractivity contribution >= 4 is 46.7 Å². The highest BCUT2D eigenvalue weighted by Crippen LogP contribution is 2.26. The average Bonchev–Trinajstić information content (AvgIpc) is 2.71. The van der Waals surface area contributed by atoms with E-state index in [1.807, 2.05) is 0 Å². The standard InChI is InChI=1S/C21H25Cl2N3OS/c1-28-20-5-3-2-4-16(20)14-26-10-8-15(9-11-26)13-24-21(27)25-17-6-7-18(22)19(23)12-17/h2-7,12,15H,8-11,13-14H2,1H3,(H2,24,25,27). The van der Waals surface area contributed by atoms with Gasteiger partial charge in [-0.2, -0.15) is 0 Å². The van der Waals surface area contributed by atoms with Crippen LogP contribution in [0.5, 0.6) is 0 Å². The molecule has 1 aliphatic rings. The molecule has 2 amide bonds. The van der Waals surface area contributed by atoms with E-state index in [2.05, 4.69) is 46.1 Å². The Bertz CT molecular complexity index is 810. The molecule has 0 atom stereocenters. The molecule has 1 fully saturated rings. The van der Waals surface area contributed by atoms with E-state index in [-0.39, 0.29) is 6.03 Å². The monoisotopic (exact) mass is 437 g/mol. The van der Waals surface area contributed by atoms with Crippen LogP contribution >= 0.6 is 35.0 Å². The molecule has 0 spiro atoms. The number of anilines is 1. The third kappa shape index (κ3) is 6.05. The minimum atomic E-state index is -0.213.